The number of thioether (sulfide) groups is 1. The molecule has 3 nitrogen and oxygen atoms in total. The Balaban J connectivity index is 1.57. The predicted molar refractivity (Wildman–Crippen MR) is 122 cm³/mol. The molecular weight excluding hydrogens is 378 g/mol. The second kappa shape index (κ2) is 11.3. The van der Waals surface area contributed by atoms with Gasteiger partial charge in [0.25, 0.3) is 5.91 Å². The van der Waals surface area contributed by atoms with E-state index in [1.807, 2.05) is 60.3 Å². The standard InChI is InChI=1S/C25H27NO2S/c1-28-24-16-13-21(14-17-24)18-29-19-23(15-12-20-8-4-2-5-9-20)26-25(27)22-10-6-3-7-11-22/h2-11,13-14,16-17,23H,12,15,18-19H2,1H3,(H,26,27)/t23-/m0/s1. The summed E-state index contributed by atoms with van der Waals surface area (Å²) < 4.78 is 5.22. The molecule has 1 amide bonds. The van der Waals surface area contributed by atoms with Gasteiger partial charge in [0.2, 0.25) is 0 Å². The fraction of sp³-hybridized carbons (Fsp3) is 0.240. The van der Waals surface area contributed by atoms with Crippen LogP contribution in [0.3, 0.4) is 0 Å². The zero-order chi connectivity index (χ0) is 20.3. The molecule has 0 heterocycles. The summed E-state index contributed by atoms with van der Waals surface area (Å²) in [7, 11) is 1.68. The van der Waals surface area contributed by atoms with Crippen LogP contribution >= 0.6 is 11.8 Å². The van der Waals surface area contributed by atoms with Gasteiger partial charge in [-0.1, -0.05) is 60.7 Å². The Morgan fingerprint density at radius 2 is 1.55 bits per heavy atom. The minimum atomic E-state index is -0.00582. The molecule has 0 bridgehead atoms. The van der Waals surface area contributed by atoms with Crippen LogP contribution in [0.1, 0.15) is 27.9 Å². The Morgan fingerprint density at radius 3 is 2.21 bits per heavy atom. The van der Waals surface area contributed by atoms with Crippen molar-refractivity contribution in [3.05, 3.63) is 102 Å². The number of hydrogen-bond donors (Lipinski definition) is 1. The first-order chi connectivity index (χ1) is 14.2. The molecule has 0 radical (unpaired) electrons. The summed E-state index contributed by atoms with van der Waals surface area (Å²) in [6, 6.07) is 28.1. The van der Waals surface area contributed by atoms with Crippen molar-refractivity contribution in [1.29, 1.82) is 0 Å². The van der Waals surface area contributed by atoms with Crippen molar-refractivity contribution in [2.45, 2.75) is 24.6 Å². The van der Waals surface area contributed by atoms with E-state index in [-0.39, 0.29) is 11.9 Å². The van der Waals surface area contributed by atoms with Crippen LogP contribution in [0.4, 0.5) is 0 Å². The van der Waals surface area contributed by atoms with E-state index < -0.39 is 0 Å². The van der Waals surface area contributed by atoms with Gasteiger partial charge >= 0.3 is 0 Å². The van der Waals surface area contributed by atoms with Gasteiger partial charge in [-0.05, 0) is 48.2 Å². The summed E-state index contributed by atoms with van der Waals surface area (Å²) >= 11 is 1.84. The lowest BCUT2D eigenvalue weighted by molar-refractivity contribution is 0.0939. The van der Waals surface area contributed by atoms with Crippen LogP contribution in [0.5, 0.6) is 5.75 Å². The van der Waals surface area contributed by atoms with E-state index in [2.05, 4.69) is 41.7 Å². The number of ether oxygens (including phenoxy) is 1. The molecule has 3 rings (SSSR count). The molecule has 0 aliphatic carbocycles. The third-order valence-electron chi connectivity index (χ3n) is 4.74. The minimum Gasteiger partial charge on any atom is -0.497 e. The second-order valence-electron chi connectivity index (χ2n) is 6.92. The van der Waals surface area contributed by atoms with E-state index in [1.165, 1.54) is 11.1 Å². The van der Waals surface area contributed by atoms with Crippen LogP contribution in [0.25, 0.3) is 0 Å². The Bertz CT molecular complexity index is 866. The first kappa shape index (κ1) is 21.0. The molecule has 0 aliphatic rings. The zero-order valence-electron chi connectivity index (χ0n) is 16.7. The van der Waals surface area contributed by atoms with Crippen molar-refractivity contribution >= 4 is 17.7 Å². The van der Waals surface area contributed by atoms with Crippen LogP contribution in [-0.4, -0.2) is 24.8 Å². The highest BCUT2D eigenvalue weighted by atomic mass is 32.2. The third-order valence-corrected chi connectivity index (χ3v) is 5.92. The molecule has 0 aromatic heterocycles. The lowest BCUT2D eigenvalue weighted by Gasteiger charge is -2.19. The van der Waals surface area contributed by atoms with Crippen molar-refractivity contribution in [2.24, 2.45) is 0 Å². The summed E-state index contributed by atoms with van der Waals surface area (Å²) in [5.74, 6) is 2.65. The molecule has 0 spiro atoms. The normalized spacial score (nSPS) is 11.6. The molecular formula is C25H27NO2S. The maximum Gasteiger partial charge on any atom is 0.251 e. The second-order valence-corrected chi connectivity index (χ2v) is 7.95. The minimum absolute atomic E-state index is 0.00582. The zero-order valence-corrected chi connectivity index (χ0v) is 17.5. The largest absolute Gasteiger partial charge is 0.497 e. The van der Waals surface area contributed by atoms with Gasteiger partial charge in [0.1, 0.15) is 5.75 Å². The Kier molecular flexibility index (Phi) is 8.20. The van der Waals surface area contributed by atoms with Gasteiger partial charge < -0.3 is 10.1 Å². The molecule has 3 aromatic carbocycles. The van der Waals surface area contributed by atoms with Gasteiger partial charge in [-0.25, -0.2) is 0 Å². The van der Waals surface area contributed by atoms with Crippen molar-refractivity contribution in [1.82, 2.24) is 5.32 Å². The first-order valence-electron chi connectivity index (χ1n) is 9.85. The maximum atomic E-state index is 12.6. The first-order valence-corrected chi connectivity index (χ1v) is 11.0. The van der Waals surface area contributed by atoms with Crippen LogP contribution in [0.15, 0.2) is 84.9 Å². The van der Waals surface area contributed by atoms with Crippen molar-refractivity contribution in [2.75, 3.05) is 12.9 Å². The summed E-state index contributed by atoms with van der Waals surface area (Å²) in [6.07, 6.45) is 1.86. The predicted octanol–water partition coefficient (Wildman–Crippen LogP) is 5.36. The van der Waals surface area contributed by atoms with Crippen molar-refractivity contribution < 1.29 is 9.53 Å². The Hall–Kier alpha value is -2.72. The van der Waals surface area contributed by atoms with Crippen LogP contribution in [-0.2, 0) is 12.2 Å². The van der Waals surface area contributed by atoms with Gasteiger partial charge in [-0.3, -0.25) is 4.79 Å². The van der Waals surface area contributed by atoms with Crippen LogP contribution < -0.4 is 10.1 Å². The molecule has 0 saturated heterocycles. The molecule has 0 saturated carbocycles. The SMILES string of the molecule is COc1ccc(CSC[C@H](CCc2ccccc2)NC(=O)c2ccccc2)cc1. The molecule has 4 heteroatoms. The molecule has 0 unspecified atom stereocenters. The number of carbonyl (C=O) groups is 1. The lowest BCUT2D eigenvalue weighted by Crippen LogP contribution is -2.37. The van der Waals surface area contributed by atoms with Gasteiger partial charge in [-0.2, -0.15) is 11.8 Å². The summed E-state index contributed by atoms with van der Waals surface area (Å²) in [6.45, 7) is 0. The Labute approximate surface area is 177 Å². The average molecular weight is 406 g/mol. The summed E-state index contributed by atoms with van der Waals surface area (Å²) in [4.78, 5) is 12.6. The van der Waals surface area contributed by atoms with E-state index >= 15 is 0 Å². The van der Waals surface area contributed by atoms with Gasteiger partial charge in [0.05, 0.1) is 7.11 Å². The van der Waals surface area contributed by atoms with E-state index in [4.69, 9.17) is 4.74 Å². The highest BCUT2D eigenvalue weighted by molar-refractivity contribution is 7.98. The molecule has 0 aliphatic heterocycles. The average Bonchev–Trinajstić information content (AvgIpc) is 2.79. The molecule has 1 N–H and O–H groups in total. The van der Waals surface area contributed by atoms with Gasteiger partial charge in [0, 0.05) is 23.1 Å². The van der Waals surface area contributed by atoms with E-state index in [0.717, 1.165) is 30.1 Å². The maximum absolute atomic E-state index is 12.6. The quantitative estimate of drug-likeness (QED) is 0.493. The van der Waals surface area contributed by atoms with E-state index in [0.29, 0.717) is 5.56 Å². The molecule has 1 atom stereocenters. The highest BCUT2D eigenvalue weighted by Gasteiger charge is 2.14. The number of benzene rings is 3. The van der Waals surface area contributed by atoms with Gasteiger partial charge in [-0.15, -0.1) is 0 Å². The third kappa shape index (κ3) is 6.99. The van der Waals surface area contributed by atoms with Crippen molar-refractivity contribution in [3.63, 3.8) is 0 Å². The van der Waals surface area contributed by atoms with Crippen LogP contribution in [0.2, 0.25) is 0 Å². The highest BCUT2D eigenvalue weighted by Crippen LogP contribution is 2.18. The number of methoxy groups -OCH3 is 1. The number of nitrogens with one attached hydrogen (secondary N) is 1. The number of rotatable bonds is 10. The summed E-state index contributed by atoms with van der Waals surface area (Å²) in [5.41, 5.74) is 3.26. The molecule has 3 aromatic rings. The van der Waals surface area contributed by atoms with Gasteiger partial charge in [0.15, 0.2) is 0 Å². The number of amides is 1. The fourth-order valence-electron chi connectivity index (χ4n) is 3.08. The lowest BCUT2D eigenvalue weighted by atomic mass is 10.1. The Morgan fingerprint density at radius 1 is 0.897 bits per heavy atom. The fourth-order valence-corrected chi connectivity index (χ4v) is 4.16. The topological polar surface area (TPSA) is 38.3 Å². The number of carbonyl (C=O) groups excluding carboxylic acids is 1. The molecule has 0 fully saturated rings. The van der Waals surface area contributed by atoms with Crippen LogP contribution in [0, 0.1) is 0 Å². The smallest absolute Gasteiger partial charge is 0.251 e. The number of aryl methyl sites for hydroxylation is 1. The molecule has 150 valence electrons. The van der Waals surface area contributed by atoms with E-state index in [9.17, 15) is 4.79 Å². The van der Waals surface area contributed by atoms with E-state index in [1.54, 1.807) is 7.11 Å². The number of hydrogen-bond acceptors (Lipinski definition) is 3. The van der Waals surface area contributed by atoms with Crippen molar-refractivity contribution in [3.8, 4) is 5.75 Å². The summed E-state index contributed by atoms with van der Waals surface area (Å²) in [5, 5.41) is 3.23. The molecule has 29 heavy (non-hydrogen) atoms. The monoisotopic (exact) mass is 405 g/mol.